The van der Waals surface area contributed by atoms with Crippen LogP contribution in [0.2, 0.25) is 10.0 Å². The molecule has 3 aromatic carbocycles. The highest BCUT2D eigenvalue weighted by Crippen LogP contribution is 2.40. The Balaban J connectivity index is 1.60. The van der Waals surface area contributed by atoms with E-state index in [1.807, 2.05) is 6.07 Å². The molecule has 0 aliphatic carbocycles. The number of halogens is 2. The molecule has 0 radical (unpaired) electrons. The SMILES string of the molecule is Cc1ccc(-c2c3c4n(c(-c5ccccc5)cn4c2C(=O)Nc2ccc(Cl)c(Cl)c2)CCCC3)cc1. The van der Waals surface area contributed by atoms with Gasteiger partial charge in [0, 0.05) is 29.6 Å². The molecule has 0 spiro atoms. The molecule has 180 valence electrons. The number of imidazole rings is 1. The maximum Gasteiger partial charge on any atom is 0.273 e. The van der Waals surface area contributed by atoms with Crippen molar-refractivity contribution in [3.8, 4) is 22.4 Å². The maximum absolute atomic E-state index is 14.0. The summed E-state index contributed by atoms with van der Waals surface area (Å²) in [6.45, 7) is 2.99. The third-order valence-corrected chi connectivity index (χ3v) is 7.68. The van der Waals surface area contributed by atoms with Crippen LogP contribution in [0.5, 0.6) is 0 Å². The quantitative estimate of drug-likeness (QED) is 0.258. The first-order valence-corrected chi connectivity index (χ1v) is 12.9. The van der Waals surface area contributed by atoms with E-state index in [1.54, 1.807) is 18.2 Å². The number of aryl methyl sites for hydroxylation is 3. The molecule has 1 aliphatic heterocycles. The van der Waals surface area contributed by atoms with Crippen LogP contribution < -0.4 is 5.32 Å². The summed E-state index contributed by atoms with van der Waals surface area (Å²) in [5.74, 6) is -0.178. The van der Waals surface area contributed by atoms with Crippen LogP contribution in [0, 0.1) is 6.92 Å². The van der Waals surface area contributed by atoms with Crippen LogP contribution in [-0.4, -0.2) is 14.9 Å². The third-order valence-electron chi connectivity index (χ3n) is 6.94. The minimum atomic E-state index is -0.178. The van der Waals surface area contributed by atoms with Crippen LogP contribution in [0.3, 0.4) is 0 Å². The lowest BCUT2D eigenvalue weighted by Crippen LogP contribution is -2.15. The number of hydrogen-bond acceptors (Lipinski definition) is 1. The number of rotatable bonds is 4. The number of nitrogens with zero attached hydrogens (tertiary/aromatic N) is 2. The Bertz CT molecular complexity index is 1600. The molecule has 2 aromatic heterocycles. The van der Waals surface area contributed by atoms with Crippen molar-refractivity contribution in [3.05, 3.63) is 106 Å². The molecular weight excluding hydrogens is 489 g/mol. The van der Waals surface area contributed by atoms with Gasteiger partial charge in [0.25, 0.3) is 5.91 Å². The minimum absolute atomic E-state index is 0.178. The second kappa shape index (κ2) is 9.20. The molecule has 0 bridgehead atoms. The number of amides is 1. The molecular formula is C30H25Cl2N3O. The van der Waals surface area contributed by atoms with E-state index in [0.29, 0.717) is 21.4 Å². The first kappa shape index (κ1) is 23.0. The second-order valence-corrected chi connectivity index (χ2v) is 10.1. The van der Waals surface area contributed by atoms with Gasteiger partial charge in [0.15, 0.2) is 0 Å². The van der Waals surface area contributed by atoms with Gasteiger partial charge in [-0.05, 0) is 55.5 Å². The molecule has 5 aromatic rings. The van der Waals surface area contributed by atoms with Crippen molar-refractivity contribution in [2.24, 2.45) is 0 Å². The van der Waals surface area contributed by atoms with E-state index in [2.05, 4.69) is 75.9 Å². The van der Waals surface area contributed by atoms with Crippen molar-refractivity contribution in [2.75, 3.05) is 5.32 Å². The summed E-state index contributed by atoms with van der Waals surface area (Å²) in [5, 5.41) is 3.93. The zero-order valence-electron chi connectivity index (χ0n) is 19.9. The Morgan fingerprint density at radius 2 is 1.67 bits per heavy atom. The summed E-state index contributed by atoms with van der Waals surface area (Å²) in [5.41, 5.74) is 9.05. The van der Waals surface area contributed by atoms with Gasteiger partial charge in [0.05, 0.1) is 15.7 Å². The topological polar surface area (TPSA) is 38.4 Å². The van der Waals surface area contributed by atoms with Gasteiger partial charge in [-0.2, -0.15) is 0 Å². The van der Waals surface area contributed by atoms with E-state index in [1.165, 1.54) is 11.1 Å². The summed E-state index contributed by atoms with van der Waals surface area (Å²) < 4.78 is 4.47. The standard InChI is InChI=1S/C30H25Cl2N3O/c1-19-10-12-21(13-11-19)27-23-9-5-6-16-34-26(20-7-3-2-4-8-20)18-35(30(23)34)28(27)29(36)33-22-14-15-24(31)25(32)17-22/h2-4,7-8,10-15,17-18H,5-6,9,16H2,1H3,(H,33,36). The predicted octanol–water partition coefficient (Wildman–Crippen LogP) is 8.28. The highest BCUT2D eigenvalue weighted by atomic mass is 35.5. The molecule has 0 saturated carbocycles. The van der Waals surface area contributed by atoms with E-state index < -0.39 is 0 Å². The van der Waals surface area contributed by atoms with Crippen LogP contribution in [0.1, 0.15) is 34.5 Å². The lowest BCUT2D eigenvalue weighted by atomic mass is 9.97. The van der Waals surface area contributed by atoms with Gasteiger partial charge in [-0.1, -0.05) is 83.4 Å². The summed E-state index contributed by atoms with van der Waals surface area (Å²) in [7, 11) is 0. The average Bonchev–Trinajstić information content (AvgIpc) is 3.30. The van der Waals surface area contributed by atoms with Crippen LogP contribution in [0.25, 0.3) is 28.0 Å². The molecule has 0 atom stereocenters. The molecule has 6 heteroatoms. The number of aromatic nitrogens is 2. The second-order valence-electron chi connectivity index (χ2n) is 9.33. The summed E-state index contributed by atoms with van der Waals surface area (Å²) >= 11 is 12.3. The molecule has 0 fully saturated rings. The van der Waals surface area contributed by atoms with E-state index in [-0.39, 0.29) is 5.91 Å². The zero-order valence-corrected chi connectivity index (χ0v) is 21.4. The van der Waals surface area contributed by atoms with E-state index >= 15 is 0 Å². The first-order valence-electron chi connectivity index (χ1n) is 12.2. The monoisotopic (exact) mass is 513 g/mol. The van der Waals surface area contributed by atoms with Gasteiger partial charge >= 0.3 is 0 Å². The fourth-order valence-corrected chi connectivity index (χ4v) is 5.54. The fourth-order valence-electron chi connectivity index (χ4n) is 5.24. The number of benzene rings is 3. The fraction of sp³-hybridized carbons (Fsp3) is 0.167. The van der Waals surface area contributed by atoms with Gasteiger partial charge in [-0.15, -0.1) is 0 Å². The van der Waals surface area contributed by atoms with E-state index in [4.69, 9.17) is 23.2 Å². The van der Waals surface area contributed by atoms with Crippen molar-refractivity contribution in [1.82, 2.24) is 8.97 Å². The summed E-state index contributed by atoms with van der Waals surface area (Å²) in [6.07, 6.45) is 5.20. The van der Waals surface area contributed by atoms with Crippen LogP contribution in [-0.2, 0) is 13.0 Å². The highest BCUT2D eigenvalue weighted by Gasteiger charge is 2.29. The van der Waals surface area contributed by atoms with E-state index in [9.17, 15) is 4.79 Å². The van der Waals surface area contributed by atoms with Crippen molar-refractivity contribution in [2.45, 2.75) is 32.7 Å². The Labute approximate surface area is 220 Å². The molecule has 1 amide bonds. The maximum atomic E-state index is 14.0. The molecule has 0 saturated heterocycles. The van der Waals surface area contributed by atoms with Gasteiger partial charge in [-0.3, -0.25) is 9.20 Å². The number of carbonyl (C=O) groups excluding carboxylic acids is 1. The molecule has 1 aliphatic rings. The lowest BCUT2D eigenvalue weighted by molar-refractivity contribution is 0.102. The van der Waals surface area contributed by atoms with Gasteiger partial charge in [-0.25, -0.2) is 0 Å². The zero-order chi connectivity index (χ0) is 24.8. The van der Waals surface area contributed by atoms with Crippen LogP contribution >= 0.6 is 23.2 Å². The Kier molecular flexibility index (Phi) is 5.87. The van der Waals surface area contributed by atoms with Crippen LogP contribution in [0.15, 0.2) is 79.0 Å². The lowest BCUT2D eigenvalue weighted by Gasteiger charge is -2.11. The molecule has 3 heterocycles. The number of nitrogens with one attached hydrogen (secondary N) is 1. The molecule has 6 rings (SSSR count). The van der Waals surface area contributed by atoms with Crippen molar-refractivity contribution in [1.29, 1.82) is 0 Å². The average molecular weight is 514 g/mol. The Morgan fingerprint density at radius 3 is 2.42 bits per heavy atom. The number of carbonyl (C=O) groups is 1. The third kappa shape index (κ3) is 3.91. The minimum Gasteiger partial charge on any atom is -0.325 e. The van der Waals surface area contributed by atoms with Gasteiger partial charge < -0.3 is 9.88 Å². The largest absolute Gasteiger partial charge is 0.325 e. The summed E-state index contributed by atoms with van der Waals surface area (Å²) in [4.78, 5) is 14.0. The number of hydrogen-bond donors (Lipinski definition) is 1. The van der Waals surface area contributed by atoms with Crippen molar-refractivity contribution < 1.29 is 4.79 Å². The number of anilines is 1. The predicted molar refractivity (Wildman–Crippen MR) is 148 cm³/mol. The Morgan fingerprint density at radius 1 is 0.889 bits per heavy atom. The molecule has 0 unspecified atom stereocenters. The van der Waals surface area contributed by atoms with E-state index in [0.717, 1.165) is 53.8 Å². The van der Waals surface area contributed by atoms with Gasteiger partial charge in [0.1, 0.15) is 11.3 Å². The molecule has 4 nitrogen and oxygen atoms in total. The van der Waals surface area contributed by atoms with Crippen molar-refractivity contribution >= 4 is 40.4 Å². The normalized spacial score (nSPS) is 13.1. The first-order chi connectivity index (χ1) is 17.5. The highest BCUT2D eigenvalue weighted by molar-refractivity contribution is 6.42. The van der Waals surface area contributed by atoms with Crippen LogP contribution in [0.4, 0.5) is 5.69 Å². The van der Waals surface area contributed by atoms with Crippen molar-refractivity contribution in [3.63, 3.8) is 0 Å². The molecule has 1 N–H and O–H groups in total. The van der Waals surface area contributed by atoms with Gasteiger partial charge in [0.2, 0.25) is 0 Å². The summed E-state index contributed by atoms with van der Waals surface area (Å²) in [6, 6.07) is 24.0. The smallest absolute Gasteiger partial charge is 0.273 e. The molecule has 36 heavy (non-hydrogen) atoms. The Hall–Kier alpha value is -3.47.